The van der Waals surface area contributed by atoms with E-state index in [1.807, 2.05) is 19.9 Å². The second-order valence-electron chi connectivity index (χ2n) is 16.8. The van der Waals surface area contributed by atoms with Gasteiger partial charge in [0.2, 0.25) is 5.70 Å². The maximum atomic E-state index is 14.7. The van der Waals surface area contributed by atoms with E-state index in [9.17, 15) is 14.4 Å². The van der Waals surface area contributed by atoms with E-state index in [2.05, 4.69) is 44.8 Å². The number of ether oxygens (including phenoxy) is 2. The first kappa shape index (κ1) is 29.9. The normalized spacial score (nSPS) is 47.1. The van der Waals surface area contributed by atoms with Crippen molar-refractivity contribution in [1.29, 1.82) is 0 Å². The molecule has 7 nitrogen and oxygen atoms in total. The third-order valence-corrected chi connectivity index (χ3v) is 14.0. The van der Waals surface area contributed by atoms with Gasteiger partial charge in [-0.15, -0.1) is 0 Å². The van der Waals surface area contributed by atoms with Crippen LogP contribution in [0.3, 0.4) is 0 Å². The van der Waals surface area contributed by atoms with Gasteiger partial charge in [0.15, 0.2) is 5.78 Å². The van der Waals surface area contributed by atoms with Crippen molar-refractivity contribution >= 4 is 17.7 Å². The van der Waals surface area contributed by atoms with Crippen molar-refractivity contribution in [3.63, 3.8) is 0 Å². The minimum absolute atomic E-state index is 0.0434. The Labute approximate surface area is 251 Å². The fourth-order valence-corrected chi connectivity index (χ4v) is 11.5. The van der Waals surface area contributed by atoms with Crippen molar-refractivity contribution in [3.05, 3.63) is 23.2 Å². The SMILES string of the molecule is [C-]#[N+]C1=C[C@]2(C)[C@H]3CC(=O)C4C5CC(C)(C)CC[C@]5(NC(=O)OC5CCOC5)CC[C@@]4(C)[C@]3(C)CC[C@H]2C(C)(C)C1=O. The molecule has 6 rings (SSSR count). The van der Waals surface area contributed by atoms with Crippen molar-refractivity contribution in [2.45, 2.75) is 118 Å². The van der Waals surface area contributed by atoms with Gasteiger partial charge in [-0.2, -0.15) is 0 Å². The standard InChI is InChI=1S/C35H50N2O5/c1-30(2)12-14-35(37-29(40)42-21-10-16-41-20-21)15-13-34(7)27(22(35)18-30)24(38)17-26-32(5)19-23(36-8)28(39)31(3,4)25(32)9-11-33(26,34)6/h19,21-22,25-27H,9-18,20H2,1-7H3,(H,37,40)/t21?,22?,25-,26+,27?,32-,33+,34+,35-/m0/s1. The van der Waals surface area contributed by atoms with Crippen molar-refractivity contribution in [2.24, 2.45) is 50.7 Å². The number of hydrogen-bond acceptors (Lipinski definition) is 5. The molecule has 0 aromatic carbocycles. The van der Waals surface area contributed by atoms with E-state index in [-0.39, 0.29) is 63.6 Å². The molecule has 1 amide bonds. The summed E-state index contributed by atoms with van der Waals surface area (Å²) in [4.78, 5) is 45.0. The monoisotopic (exact) mass is 578 g/mol. The van der Waals surface area contributed by atoms with Gasteiger partial charge in [-0.05, 0) is 84.4 Å². The smallest absolute Gasteiger partial charge is 0.407 e. The maximum absolute atomic E-state index is 14.7. The second-order valence-corrected chi connectivity index (χ2v) is 16.8. The lowest BCUT2D eigenvalue weighted by molar-refractivity contribution is -0.214. The van der Waals surface area contributed by atoms with Crippen LogP contribution in [0.5, 0.6) is 0 Å². The summed E-state index contributed by atoms with van der Waals surface area (Å²) in [5.74, 6) is 0.309. The number of Topliss-reactive ketones (excluding diaryl/α,β-unsaturated/α-hetero) is 2. The highest BCUT2D eigenvalue weighted by molar-refractivity contribution is 6.02. The van der Waals surface area contributed by atoms with E-state index in [4.69, 9.17) is 16.0 Å². The molecule has 5 aliphatic carbocycles. The highest BCUT2D eigenvalue weighted by atomic mass is 16.6. The number of fused-ring (bicyclic) bond motifs is 7. The molecule has 0 aromatic heterocycles. The third kappa shape index (κ3) is 4.02. The van der Waals surface area contributed by atoms with Crippen LogP contribution in [0.4, 0.5) is 4.79 Å². The largest absolute Gasteiger partial charge is 0.444 e. The first-order valence-electron chi connectivity index (χ1n) is 16.3. The summed E-state index contributed by atoms with van der Waals surface area (Å²) in [5.41, 5.74) is -1.53. The van der Waals surface area contributed by atoms with Gasteiger partial charge < -0.3 is 19.6 Å². The first-order valence-corrected chi connectivity index (χ1v) is 16.3. The summed E-state index contributed by atoms with van der Waals surface area (Å²) in [6.07, 6.45) is 8.91. The van der Waals surface area contributed by atoms with E-state index in [0.717, 1.165) is 51.4 Å². The Kier molecular flexibility index (Phi) is 6.68. The molecule has 0 spiro atoms. The topological polar surface area (TPSA) is 86.1 Å². The molecule has 5 fully saturated rings. The van der Waals surface area contributed by atoms with Gasteiger partial charge in [0.05, 0.1) is 19.8 Å². The molecular formula is C35H50N2O5. The summed E-state index contributed by atoms with van der Waals surface area (Å²) in [7, 11) is 0. The van der Waals surface area contributed by atoms with E-state index in [1.54, 1.807) is 0 Å². The van der Waals surface area contributed by atoms with Gasteiger partial charge in [0.25, 0.3) is 0 Å². The molecule has 1 aliphatic heterocycles. The molecule has 230 valence electrons. The van der Waals surface area contributed by atoms with Crippen LogP contribution in [0.15, 0.2) is 11.8 Å². The van der Waals surface area contributed by atoms with Gasteiger partial charge in [-0.25, -0.2) is 9.64 Å². The minimum Gasteiger partial charge on any atom is -0.444 e. The van der Waals surface area contributed by atoms with Crippen molar-refractivity contribution in [2.75, 3.05) is 13.2 Å². The van der Waals surface area contributed by atoms with Crippen molar-refractivity contribution in [3.8, 4) is 0 Å². The lowest BCUT2D eigenvalue weighted by Crippen LogP contribution is -2.72. The molecule has 0 radical (unpaired) electrons. The molecule has 1 heterocycles. The zero-order valence-electron chi connectivity index (χ0n) is 26.7. The average molecular weight is 579 g/mol. The van der Waals surface area contributed by atoms with Crippen LogP contribution in [0.2, 0.25) is 0 Å². The Bertz CT molecular complexity index is 1270. The predicted octanol–water partition coefficient (Wildman–Crippen LogP) is 6.91. The fraction of sp³-hybridized carbons (Fsp3) is 0.829. The average Bonchev–Trinajstić information content (AvgIpc) is 3.41. The summed E-state index contributed by atoms with van der Waals surface area (Å²) in [6.45, 7) is 24.5. The van der Waals surface area contributed by atoms with Crippen LogP contribution in [-0.2, 0) is 19.1 Å². The molecule has 4 saturated carbocycles. The number of nitrogens with zero attached hydrogens (tertiary/aromatic N) is 1. The number of rotatable bonds is 2. The summed E-state index contributed by atoms with van der Waals surface area (Å²) < 4.78 is 11.2. The molecule has 3 unspecified atom stereocenters. The van der Waals surface area contributed by atoms with Gasteiger partial charge >= 0.3 is 6.09 Å². The van der Waals surface area contributed by atoms with E-state index < -0.39 is 16.4 Å². The number of nitrogens with one attached hydrogen (secondary N) is 1. The maximum Gasteiger partial charge on any atom is 0.407 e. The number of alkyl carbamates (subject to hydrolysis) is 1. The van der Waals surface area contributed by atoms with Gasteiger partial charge in [0.1, 0.15) is 11.9 Å². The van der Waals surface area contributed by atoms with Crippen LogP contribution in [0, 0.1) is 57.3 Å². The molecule has 1 N–H and O–H groups in total. The molecule has 0 bridgehead atoms. The summed E-state index contributed by atoms with van der Waals surface area (Å²) in [5, 5.41) is 3.39. The quantitative estimate of drug-likeness (QED) is 0.360. The lowest BCUT2D eigenvalue weighted by atomic mass is 9.32. The van der Waals surface area contributed by atoms with E-state index in [1.165, 1.54) is 0 Å². The van der Waals surface area contributed by atoms with Crippen LogP contribution in [0.1, 0.15) is 106 Å². The number of hydrogen-bond donors (Lipinski definition) is 1. The summed E-state index contributed by atoms with van der Waals surface area (Å²) in [6, 6.07) is 0. The molecule has 7 heteroatoms. The van der Waals surface area contributed by atoms with Crippen LogP contribution in [0.25, 0.3) is 4.85 Å². The number of amides is 1. The molecule has 9 atom stereocenters. The van der Waals surface area contributed by atoms with Gasteiger partial charge in [-0.3, -0.25) is 4.79 Å². The van der Waals surface area contributed by atoms with E-state index in [0.29, 0.717) is 25.4 Å². The number of carbonyl (C=O) groups is 3. The Hall–Kier alpha value is -2.20. The van der Waals surface area contributed by atoms with Crippen LogP contribution >= 0.6 is 0 Å². The number of ketones is 2. The van der Waals surface area contributed by atoms with Crippen LogP contribution < -0.4 is 5.32 Å². The minimum atomic E-state index is -0.630. The van der Waals surface area contributed by atoms with Crippen molar-refractivity contribution in [1.82, 2.24) is 5.32 Å². The highest BCUT2D eigenvalue weighted by Crippen LogP contribution is 2.74. The molecular weight excluding hydrogens is 528 g/mol. The van der Waals surface area contributed by atoms with E-state index >= 15 is 0 Å². The molecule has 42 heavy (non-hydrogen) atoms. The Morgan fingerprint density at radius 1 is 0.976 bits per heavy atom. The number of allylic oxidation sites excluding steroid dienone is 2. The zero-order valence-corrected chi connectivity index (χ0v) is 26.7. The van der Waals surface area contributed by atoms with Gasteiger partial charge in [0, 0.05) is 29.7 Å². The highest BCUT2D eigenvalue weighted by Gasteiger charge is 2.72. The number of carbonyl (C=O) groups excluding carboxylic acids is 3. The Morgan fingerprint density at radius 3 is 2.36 bits per heavy atom. The summed E-state index contributed by atoms with van der Waals surface area (Å²) >= 11 is 0. The zero-order chi connectivity index (χ0) is 30.5. The second kappa shape index (κ2) is 9.40. The van der Waals surface area contributed by atoms with Gasteiger partial charge in [-0.1, -0.05) is 54.5 Å². The lowest BCUT2D eigenvalue weighted by Gasteiger charge is -2.72. The predicted molar refractivity (Wildman–Crippen MR) is 159 cm³/mol. The Balaban J connectivity index is 1.39. The first-order chi connectivity index (χ1) is 19.5. The fourth-order valence-electron chi connectivity index (χ4n) is 11.5. The third-order valence-electron chi connectivity index (χ3n) is 14.0. The Morgan fingerprint density at radius 2 is 1.69 bits per heavy atom. The van der Waals surface area contributed by atoms with Crippen LogP contribution in [-0.4, -0.2) is 42.5 Å². The molecule has 0 aromatic rings. The van der Waals surface area contributed by atoms with Crippen molar-refractivity contribution < 1.29 is 23.9 Å². The molecule has 1 saturated heterocycles. The molecule has 6 aliphatic rings.